The van der Waals surface area contributed by atoms with Gasteiger partial charge in [-0.25, -0.2) is 22.9 Å². The number of aromatic nitrogens is 1. The summed E-state index contributed by atoms with van der Waals surface area (Å²) in [5.41, 5.74) is 1.88. The van der Waals surface area contributed by atoms with E-state index < -0.39 is 22.1 Å². The highest BCUT2D eigenvalue weighted by atomic mass is 32.2. The maximum atomic E-state index is 12.7. The molecule has 3 aromatic rings. The number of carbonyl (C=O) groups excluding carboxylic acids is 3. The van der Waals surface area contributed by atoms with Gasteiger partial charge in [0.2, 0.25) is 11.8 Å². The quantitative estimate of drug-likeness (QED) is 0.323. The topological polar surface area (TPSA) is 141 Å². The zero-order valence-electron chi connectivity index (χ0n) is 21.8. The molecule has 0 aliphatic rings. The molecule has 2 amide bonds. The molecule has 1 heterocycles. The van der Waals surface area contributed by atoms with Crippen molar-refractivity contribution in [1.82, 2.24) is 15.0 Å². The summed E-state index contributed by atoms with van der Waals surface area (Å²) in [5, 5.41) is 2.86. The van der Waals surface area contributed by atoms with Gasteiger partial charge in [0.15, 0.2) is 0 Å². The van der Waals surface area contributed by atoms with Gasteiger partial charge in [0.25, 0.3) is 15.9 Å². The number of sulfonamides is 1. The van der Waals surface area contributed by atoms with E-state index in [2.05, 4.69) is 10.3 Å². The second kappa shape index (κ2) is 14.1. The summed E-state index contributed by atoms with van der Waals surface area (Å²) in [6, 6.07) is 18.3. The lowest BCUT2D eigenvalue weighted by molar-refractivity contribution is -0.121. The monoisotopic (exact) mass is 553 g/mol. The highest BCUT2D eigenvalue weighted by Crippen LogP contribution is 2.14. The highest BCUT2D eigenvalue weighted by Gasteiger charge is 2.19. The van der Waals surface area contributed by atoms with Gasteiger partial charge in [-0.2, -0.15) is 0 Å². The summed E-state index contributed by atoms with van der Waals surface area (Å²) in [7, 11) is -4.14. The molecule has 0 spiro atoms. The minimum atomic E-state index is -4.14. The minimum Gasteiger partial charge on any atom is -0.431 e. The van der Waals surface area contributed by atoms with Gasteiger partial charge in [-0.05, 0) is 55.5 Å². The summed E-state index contributed by atoms with van der Waals surface area (Å²) in [6.07, 6.45) is 2.03. The van der Waals surface area contributed by atoms with Crippen LogP contribution >= 0.6 is 0 Å². The van der Waals surface area contributed by atoms with E-state index in [9.17, 15) is 22.8 Å². The molecule has 0 aliphatic carbocycles. The Morgan fingerprint density at radius 2 is 1.62 bits per heavy atom. The first-order valence-electron chi connectivity index (χ1n) is 12.5. The fourth-order valence-electron chi connectivity index (χ4n) is 3.34. The average Bonchev–Trinajstić information content (AvgIpc) is 2.92. The number of benzene rings is 2. The van der Waals surface area contributed by atoms with Crippen LogP contribution in [0.5, 0.6) is 5.88 Å². The maximum absolute atomic E-state index is 12.7. The lowest BCUT2D eigenvalue weighted by Gasteiger charge is -2.10. The lowest BCUT2D eigenvalue weighted by Crippen LogP contribution is -2.30. The average molecular weight is 554 g/mol. The molecule has 3 rings (SSSR count). The molecule has 2 aromatic carbocycles. The molecule has 1 atom stereocenters. The van der Waals surface area contributed by atoms with Crippen LogP contribution in [0.4, 0.5) is 4.79 Å². The second-order valence-electron chi connectivity index (χ2n) is 8.74. The number of aryl methyl sites for hydroxylation is 1. The van der Waals surface area contributed by atoms with E-state index in [0.717, 1.165) is 17.3 Å². The van der Waals surface area contributed by atoms with Crippen molar-refractivity contribution in [2.24, 2.45) is 0 Å². The summed E-state index contributed by atoms with van der Waals surface area (Å²) in [5.74, 6) is -1.04. The molecule has 0 unspecified atom stereocenters. The third-order valence-electron chi connectivity index (χ3n) is 5.74. The van der Waals surface area contributed by atoms with E-state index in [1.807, 2.05) is 42.0 Å². The number of rotatable bonds is 12. The van der Waals surface area contributed by atoms with Crippen molar-refractivity contribution in [2.45, 2.75) is 50.5 Å². The van der Waals surface area contributed by atoms with Crippen molar-refractivity contribution in [2.75, 3.05) is 6.54 Å². The smallest absolute Gasteiger partial charge is 0.431 e. The van der Waals surface area contributed by atoms with Gasteiger partial charge >= 0.3 is 6.16 Å². The van der Waals surface area contributed by atoms with Crippen molar-refractivity contribution in [1.29, 1.82) is 0 Å². The number of hydrogen-bond donors (Lipinski definition) is 2. The van der Waals surface area contributed by atoms with E-state index in [0.29, 0.717) is 32.2 Å². The summed E-state index contributed by atoms with van der Waals surface area (Å²) >= 11 is 0. The van der Waals surface area contributed by atoms with Gasteiger partial charge in [-0.3, -0.25) is 9.59 Å². The number of ether oxygens (including phenoxy) is 2. The van der Waals surface area contributed by atoms with Crippen molar-refractivity contribution < 1.29 is 32.3 Å². The predicted octanol–water partition coefficient (Wildman–Crippen LogP) is 3.81. The predicted molar refractivity (Wildman–Crippen MR) is 144 cm³/mol. The fourth-order valence-corrected chi connectivity index (χ4v) is 4.32. The third kappa shape index (κ3) is 9.53. The van der Waals surface area contributed by atoms with E-state index in [-0.39, 0.29) is 28.4 Å². The van der Waals surface area contributed by atoms with Gasteiger partial charge in [0.05, 0.1) is 10.5 Å². The molecule has 0 bridgehead atoms. The molecule has 11 heteroatoms. The summed E-state index contributed by atoms with van der Waals surface area (Å²) in [6.45, 7) is 3.98. The van der Waals surface area contributed by atoms with E-state index in [1.165, 1.54) is 24.3 Å². The molecule has 206 valence electrons. The highest BCUT2D eigenvalue weighted by molar-refractivity contribution is 7.90. The maximum Gasteiger partial charge on any atom is 0.515 e. The molecule has 0 radical (unpaired) electrons. The number of amides is 2. The van der Waals surface area contributed by atoms with E-state index >= 15 is 0 Å². The minimum absolute atomic E-state index is 0.0409. The largest absolute Gasteiger partial charge is 0.515 e. The molecule has 0 aliphatic heterocycles. The van der Waals surface area contributed by atoms with Gasteiger partial charge in [-0.1, -0.05) is 49.4 Å². The van der Waals surface area contributed by atoms with Gasteiger partial charge in [0.1, 0.15) is 6.10 Å². The normalized spacial score (nSPS) is 11.7. The molecule has 0 saturated heterocycles. The molecule has 0 saturated carbocycles. The van der Waals surface area contributed by atoms with Gasteiger partial charge in [0, 0.05) is 25.2 Å². The van der Waals surface area contributed by atoms with Crippen LogP contribution in [0.1, 0.15) is 48.2 Å². The van der Waals surface area contributed by atoms with Crippen LogP contribution in [-0.2, 0) is 32.4 Å². The second-order valence-corrected chi connectivity index (χ2v) is 10.4. The van der Waals surface area contributed by atoms with Crippen LogP contribution in [0.2, 0.25) is 0 Å². The molecular formula is C28H31N3O7S. The van der Waals surface area contributed by atoms with Crippen LogP contribution in [0, 0.1) is 0 Å². The Balaban J connectivity index is 1.46. The van der Waals surface area contributed by atoms with E-state index in [4.69, 9.17) is 9.47 Å². The van der Waals surface area contributed by atoms with Crippen LogP contribution in [0.3, 0.4) is 0 Å². The number of pyridine rings is 1. The first-order chi connectivity index (χ1) is 18.7. The van der Waals surface area contributed by atoms with Gasteiger partial charge in [-0.15, -0.1) is 0 Å². The van der Waals surface area contributed by atoms with Crippen molar-refractivity contribution in [3.05, 3.63) is 89.6 Å². The van der Waals surface area contributed by atoms with Crippen LogP contribution < -0.4 is 14.8 Å². The van der Waals surface area contributed by atoms with Crippen molar-refractivity contribution >= 4 is 28.0 Å². The Morgan fingerprint density at radius 3 is 2.26 bits per heavy atom. The van der Waals surface area contributed by atoms with E-state index in [1.54, 1.807) is 19.1 Å². The Labute approximate surface area is 227 Å². The molecular weight excluding hydrogens is 522 g/mol. The number of nitrogens with zero attached hydrogens (tertiary/aromatic N) is 1. The zero-order valence-corrected chi connectivity index (χ0v) is 22.6. The molecule has 1 aromatic heterocycles. The molecule has 2 N–H and O–H groups in total. The van der Waals surface area contributed by atoms with Crippen LogP contribution in [-0.4, -0.2) is 44.0 Å². The molecule has 39 heavy (non-hydrogen) atoms. The number of hydrogen-bond acceptors (Lipinski definition) is 8. The number of carbonyl (C=O) groups is 3. The molecule has 0 fully saturated rings. The summed E-state index contributed by atoms with van der Waals surface area (Å²) < 4.78 is 37.2. The third-order valence-corrected chi connectivity index (χ3v) is 7.09. The van der Waals surface area contributed by atoms with Crippen LogP contribution in [0.15, 0.2) is 77.8 Å². The Hall–Kier alpha value is -4.25. The van der Waals surface area contributed by atoms with Crippen LogP contribution in [0.25, 0.3) is 0 Å². The first-order valence-corrected chi connectivity index (χ1v) is 14.0. The lowest BCUT2D eigenvalue weighted by atomic mass is 10.1. The van der Waals surface area contributed by atoms with Gasteiger partial charge < -0.3 is 14.8 Å². The van der Waals surface area contributed by atoms with Crippen molar-refractivity contribution in [3.63, 3.8) is 0 Å². The fraction of sp³-hybridized carbons (Fsp3) is 0.286. The Bertz CT molecular complexity index is 1360. The SMILES string of the molecule is CC[C@@H](C)OC(=O)Oc1ccc(C(=O)NS(=O)(=O)c2ccc(CCNC(=O)CCc3ccccc3)cc2)cn1. The number of nitrogens with one attached hydrogen (secondary N) is 2. The molecule has 10 nitrogen and oxygen atoms in total. The summed E-state index contributed by atoms with van der Waals surface area (Å²) in [4.78, 5) is 40.0. The standard InChI is InChI=1S/C28H31N3O7S/c1-3-20(2)37-28(34)38-26-16-12-23(19-30-26)27(33)31-39(35,36)24-13-9-22(10-14-24)17-18-29-25(32)15-11-21-7-5-4-6-8-21/h4-10,12-14,16,19-20H,3,11,15,17-18H2,1-2H3,(H,29,32)(H,31,33)/t20-/m1/s1. The zero-order chi connectivity index (χ0) is 28.3. The Kier molecular flexibility index (Phi) is 10.6. The Morgan fingerprint density at radius 1 is 0.923 bits per heavy atom. The van der Waals surface area contributed by atoms with Crippen molar-refractivity contribution in [3.8, 4) is 5.88 Å². The first kappa shape index (κ1) is 29.3.